The maximum absolute atomic E-state index is 3.73. The fourth-order valence-electron chi connectivity index (χ4n) is 3.72. The summed E-state index contributed by atoms with van der Waals surface area (Å²) >= 11 is 0. The average Bonchev–Trinajstić information content (AvgIpc) is 2.76. The molecule has 0 radical (unpaired) electrons. The molecule has 0 saturated carbocycles. The van der Waals surface area contributed by atoms with E-state index in [2.05, 4.69) is 48.5 Å². The van der Waals surface area contributed by atoms with Gasteiger partial charge in [-0.25, -0.2) is 0 Å². The second kappa shape index (κ2) is 5.54. The minimum absolute atomic E-state index is 0.827. The number of rotatable bonds is 4. The van der Waals surface area contributed by atoms with Gasteiger partial charge in [-0.1, -0.05) is 17.7 Å². The molecule has 2 aliphatic heterocycles. The number of hydrogen-bond acceptors (Lipinski definition) is 2. The van der Waals surface area contributed by atoms with Gasteiger partial charge in [-0.2, -0.15) is 0 Å². The lowest BCUT2D eigenvalue weighted by molar-refractivity contribution is 0.288. The molecule has 1 aromatic carbocycles. The molecule has 19 heavy (non-hydrogen) atoms. The van der Waals surface area contributed by atoms with Crippen molar-refractivity contribution in [3.63, 3.8) is 0 Å². The lowest BCUT2D eigenvalue weighted by Gasteiger charge is -2.30. The summed E-state index contributed by atoms with van der Waals surface area (Å²) < 4.78 is 0. The van der Waals surface area contributed by atoms with Crippen LogP contribution in [0.5, 0.6) is 0 Å². The van der Waals surface area contributed by atoms with Crippen molar-refractivity contribution in [1.29, 1.82) is 0 Å². The molecule has 1 N–H and O–H groups in total. The van der Waals surface area contributed by atoms with Gasteiger partial charge in [-0.3, -0.25) is 0 Å². The summed E-state index contributed by atoms with van der Waals surface area (Å²) in [5, 5.41) is 3.73. The molecular formula is C17H26N2. The normalized spacial score (nSPS) is 29.5. The number of piperidine rings is 1. The van der Waals surface area contributed by atoms with Gasteiger partial charge < -0.3 is 10.2 Å². The predicted octanol–water partition coefficient (Wildman–Crippen LogP) is 3.35. The minimum Gasteiger partial charge on any atom is -0.375 e. The van der Waals surface area contributed by atoms with Crippen molar-refractivity contribution in [3.8, 4) is 0 Å². The van der Waals surface area contributed by atoms with E-state index in [1.165, 1.54) is 49.9 Å². The van der Waals surface area contributed by atoms with E-state index in [1.807, 2.05) is 0 Å². The van der Waals surface area contributed by atoms with Gasteiger partial charge in [0.2, 0.25) is 0 Å². The van der Waals surface area contributed by atoms with Gasteiger partial charge in [-0.15, -0.1) is 0 Å². The van der Waals surface area contributed by atoms with Gasteiger partial charge in [0.05, 0.1) is 0 Å². The van der Waals surface area contributed by atoms with Crippen molar-refractivity contribution in [3.05, 3.63) is 29.8 Å². The van der Waals surface area contributed by atoms with Crippen LogP contribution < -0.4 is 10.2 Å². The first-order chi connectivity index (χ1) is 9.20. The van der Waals surface area contributed by atoms with E-state index in [4.69, 9.17) is 0 Å². The number of nitrogens with one attached hydrogen (secondary N) is 1. The lowest BCUT2D eigenvalue weighted by Crippen LogP contribution is -2.38. The third-order valence-electron chi connectivity index (χ3n) is 4.92. The highest BCUT2D eigenvalue weighted by molar-refractivity contribution is 5.46. The summed E-state index contributed by atoms with van der Waals surface area (Å²) in [7, 11) is 2.22. The standard InChI is InChI=1S/C17H26N2/c1-13-3-7-17(8-4-13)19(2)10-9-14-11-15-5-6-16(12-14)18-15/h3-4,7-8,14-16,18H,5-6,9-12H2,1-2H3. The Morgan fingerprint density at radius 3 is 2.37 bits per heavy atom. The monoisotopic (exact) mass is 258 g/mol. The van der Waals surface area contributed by atoms with Crippen LogP contribution in [-0.4, -0.2) is 25.7 Å². The van der Waals surface area contributed by atoms with Gasteiger partial charge in [-0.05, 0) is 57.1 Å². The molecule has 2 nitrogen and oxygen atoms in total. The molecule has 104 valence electrons. The van der Waals surface area contributed by atoms with E-state index in [0.29, 0.717) is 0 Å². The maximum Gasteiger partial charge on any atom is 0.0363 e. The molecular weight excluding hydrogens is 232 g/mol. The summed E-state index contributed by atoms with van der Waals surface area (Å²) in [5.41, 5.74) is 2.69. The number of aryl methyl sites for hydroxylation is 1. The summed E-state index contributed by atoms with van der Waals surface area (Å²) in [4.78, 5) is 2.41. The van der Waals surface area contributed by atoms with Crippen LogP contribution in [0.3, 0.4) is 0 Å². The Morgan fingerprint density at radius 2 is 1.74 bits per heavy atom. The molecule has 2 bridgehead atoms. The quantitative estimate of drug-likeness (QED) is 0.891. The molecule has 2 unspecified atom stereocenters. The summed E-state index contributed by atoms with van der Waals surface area (Å²) in [6.07, 6.45) is 6.97. The Labute approximate surface area is 117 Å². The Morgan fingerprint density at radius 1 is 1.11 bits per heavy atom. The van der Waals surface area contributed by atoms with Crippen LogP contribution in [0.4, 0.5) is 5.69 Å². The average molecular weight is 258 g/mol. The summed E-state index contributed by atoms with van der Waals surface area (Å²) in [5.74, 6) is 0.937. The van der Waals surface area contributed by atoms with Gasteiger partial charge in [0.1, 0.15) is 0 Å². The number of nitrogens with zero attached hydrogens (tertiary/aromatic N) is 1. The lowest BCUT2D eigenvalue weighted by atomic mass is 9.89. The van der Waals surface area contributed by atoms with Crippen LogP contribution in [0.25, 0.3) is 0 Å². The first-order valence-corrected chi connectivity index (χ1v) is 7.74. The molecule has 2 heteroatoms. The number of hydrogen-bond donors (Lipinski definition) is 1. The third-order valence-corrected chi connectivity index (χ3v) is 4.92. The van der Waals surface area contributed by atoms with Crippen molar-refractivity contribution in [1.82, 2.24) is 5.32 Å². The molecule has 0 spiro atoms. The van der Waals surface area contributed by atoms with Crippen LogP contribution in [0.2, 0.25) is 0 Å². The minimum atomic E-state index is 0.827. The van der Waals surface area contributed by atoms with Crippen molar-refractivity contribution in [2.24, 2.45) is 5.92 Å². The van der Waals surface area contributed by atoms with Crippen LogP contribution >= 0.6 is 0 Å². The summed E-state index contributed by atoms with van der Waals surface area (Å²) in [6.45, 7) is 3.34. The molecule has 2 fully saturated rings. The molecule has 0 aliphatic carbocycles. The van der Waals surface area contributed by atoms with E-state index < -0.39 is 0 Å². The molecule has 0 amide bonds. The molecule has 1 aromatic rings. The highest BCUT2D eigenvalue weighted by atomic mass is 15.1. The first kappa shape index (κ1) is 13.0. The predicted molar refractivity (Wildman–Crippen MR) is 81.7 cm³/mol. The Bertz CT molecular complexity index is 400. The highest BCUT2D eigenvalue weighted by Crippen LogP contribution is 2.32. The third kappa shape index (κ3) is 3.11. The Balaban J connectivity index is 1.50. The first-order valence-electron chi connectivity index (χ1n) is 7.74. The molecule has 2 heterocycles. The van der Waals surface area contributed by atoms with E-state index in [1.54, 1.807) is 0 Å². The Hall–Kier alpha value is -1.02. The molecule has 2 saturated heterocycles. The van der Waals surface area contributed by atoms with Crippen molar-refractivity contribution < 1.29 is 0 Å². The fraction of sp³-hybridized carbons (Fsp3) is 0.647. The number of fused-ring (bicyclic) bond motifs is 2. The van der Waals surface area contributed by atoms with Crippen molar-refractivity contribution in [2.45, 2.75) is 51.1 Å². The van der Waals surface area contributed by atoms with Crippen molar-refractivity contribution in [2.75, 3.05) is 18.5 Å². The van der Waals surface area contributed by atoms with Crippen LogP contribution in [0, 0.1) is 12.8 Å². The molecule has 3 rings (SSSR count). The smallest absolute Gasteiger partial charge is 0.0363 e. The van der Waals surface area contributed by atoms with Gasteiger partial charge in [0.25, 0.3) is 0 Å². The van der Waals surface area contributed by atoms with E-state index in [0.717, 1.165) is 18.0 Å². The number of anilines is 1. The molecule has 2 aliphatic rings. The fourth-order valence-corrected chi connectivity index (χ4v) is 3.72. The zero-order valence-corrected chi connectivity index (χ0v) is 12.2. The van der Waals surface area contributed by atoms with E-state index >= 15 is 0 Å². The van der Waals surface area contributed by atoms with Crippen LogP contribution in [0.15, 0.2) is 24.3 Å². The van der Waals surface area contributed by atoms with Crippen molar-refractivity contribution >= 4 is 5.69 Å². The highest BCUT2D eigenvalue weighted by Gasteiger charge is 2.33. The van der Waals surface area contributed by atoms with Gasteiger partial charge >= 0.3 is 0 Å². The van der Waals surface area contributed by atoms with E-state index in [9.17, 15) is 0 Å². The second-order valence-corrected chi connectivity index (χ2v) is 6.52. The maximum atomic E-state index is 3.73. The zero-order valence-electron chi connectivity index (χ0n) is 12.2. The second-order valence-electron chi connectivity index (χ2n) is 6.52. The largest absolute Gasteiger partial charge is 0.375 e. The molecule has 2 atom stereocenters. The summed E-state index contributed by atoms with van der Waals surface area (Å²) in [6, 6.07) is 10.5. The zero-order chi connectivity index (χ0) is 13.2. The van der Waals surface area contributed by atoms with Gasteiger partial charge in [0, 0.05) is 31.4 Å². The Kier molecular flexibility index (Phi) is 3.79. The van der Waals surface area contributed by atoms with Crippen LogP contribution in [0.1, 0.15) is 37.7 Å². The van der Waals surface area contributed by atoms with Crippen LogP contribution in [-0.2, 0) is 0 Å². The SMILES string of the molecule is Cc1ccc(N(C)CCC2CC3CCC(C2)N3)cc1. The molecule has 0 aromatic heterocycles. The number of benzene rings is 1. The van der Waals surface area contributed by atoms with E-state index in [-0.39, 0.29) is 0 Å². The topological polar surface area (TPSA) is 15.3 Å². The van der Waals surface area contributed by atoms with Gasteiger partial charge in [0.15, 0.2) is 0 Å².